The van der Waals surface area contributed by atoms with E-state index in [-0.39, 0.29) is 15.7 Å². The Kier molecular flexibility index (Phi) is 4.46. The number of nitrogens with one attached hydrogen (secondary N) is 1. The lowest BCUT2D eigenvalue weighted by atomic mass is 10.2. The Hall–Kier alpha value is -1.31. The Labute approximate surface area is 136 Å². The maximum atomic E-state index is 12.5. The standard InChI is InChI=1S/C13H13BrClN3O2S/c1-7-3-9(14)6-17-13(7)18-21(19,20)12-5-10(15)4-11(16)8(12)2/h3-6H,16H2,1-2H3,(H,17,18). The molecule has 2 rings (SSSR count). The zero-order valence-corrected chi connectivity index (χ0v) is 14.5. The lowest BCUT2D eigenvalue weighted by molar-refractivity contribution is 0.600. The molecule has 8 heteroatoms. The van der Waals surface area contributed by atoms with E-state index in [0.717, 1.165) is 4.47 Å². The molecular weight excluding hydrogens is 378 g/mol. The topological polar surface area (TPSA) is 85.1 Å². The van der Waals surface area contributed by atoms with Crippen molar-refractivity contribution in [3.8, 4) is 0 Å². The van der Waals surface area contributed by atoms with Gasteiger partial charge in [0.25, 0.3) is 10.0 Å². The number of nitrogen functional groups attached to an aromatic ring is 1. The molecule has 0 saturated carbocycles. The van der Waals surface area contributed by atoms with Gasteiger partial charge in [-0.1, -0.05) is 11.6 Å². The quantitative estimate of drug-likeness (QED) is 0.786. The minimum absolute atomic E-state index is 0.0385. The first-order valence-corrected chi connectivity index (χ1v) is 8.56. The van der Waals surface area contributed by atoms with E-state index < -0.39 is 10.0 Å². The molecule has 0 aliphatic rings. The molecule has 21 heavy (non-hydrogen) atoms. The predicted octanol–water partition coefficient (Wildman–Crippen LogP) is 3.50. The van der Waals surface area contributed by atoms with E-state index in [2.05, 4.69) is 25.6 Å². The molecule has 0 fully saturated rings. The fraction of sp³-hybridized carbons (Fsp3) is 0.154. The van der Waals surface area contributed by atoms with Gasteiger partial charge in [0, 0.05) is 21.4 Å². The number of nitrogens with zero attached hydrogens (tertiary/aromatic N) is 1. The van der Waals surface area contributed by atoms with E-state index >= 15 is 0 Å². The summed E-state index contributed by atoms with van der Waals surface area (Å²) < 4.78 is 28.2. The molecule has 1 aromatic carbocycles. The molecule has 0 aliphatic heterocycles. The number of aryl methyl sites for hydroxylation is 1. The van der Waals surface area contributed by atoms with Gasteiger partial charge in [0.1, 0.15) is 5.82 Å². The molecule has 3 N–H and O–H groups in total. The van der Waals surface area contributed by atoms with Crippen molar-refractivity contribution in [2.24, 2.45) is 0 Å². The highest BCUT2D eigenvalue weighted by molar-refractivity contribution is 9.10. The average molecular weight is 391 g/mol. The van der Waals surface area contributed by atoms with E-state index in [0.29, 0.717) is 16.8 Å². The normalized spacial score (nSPS) is 11.4. The van der Waals surface area contributed by atoms with Crippen LogP contribution in [0, 0.1) is 13.8 Å². The van der Waals surface area contributed by atoms with Crippen LogP contribution in [-0.4, -0.2) is 13.4 Å². The first kappa shape index (κ1) is 16.1. The van der Waals surface area contributed by atoms with E-state index in [1.807, 2.05) is 0 Å². The van der Waals surface area contributed by atoms with Crippen molar-refractivity contribution in [3.63, 3.8) is 0 Å². The van der Waals surface area contributed by atoms with Crippen LogP contribution in [0.25, 0.3) is 0 Å². The second-order valence-corrected chi connectivity index (χ2v) is 7.55. The Balaban J connectivity index is 2.48. The Bertz CT molecular complexity index is 809. The van der Waals surface area contributed by atoms with Gasteiger partial charge in [-0.25, -0.2) is 13.4 Å². The monoisotopic (exact) mass is 389 g/mol. The molecule has 1 aromatic heterocycles. The SMILES string of the molecule is Cc1cc(Br)cnc1NS(=O)(=O)c1cc(Cl)cc(N)c1C. The highest BCUT2D eigenvalue weighted by Gasteiger charge is 2.20. The number of aromatic nitrogens is 1. The van der Waals surface area contributed by atoms with Crippen molar-refractivity contribution in [2.45, 2.75) is 18.7 Å². The lowest BCUT2D eigenvalue weighted by Gasteiger charge is -2.13. The number of rotatable bonds is 3. The first-order valence-electron chi connectivity index (χ1n) is 5.91. The van der Waals surface area contributed by atoms with Crippen LogP contribution < -0.4 is 10.5 Å². The fourth-order valence-electron chi connectivity index (χ4n) is 1.78. The van der Waals surface area contributed by atoms with Crippen molar-refractivity contribution in [1.29, 1.82) is 0 Å². The van der Waals surface area contributed by atoms with Gasteiger partial charge in [0.2, 0.25) is 0 Å². The molecule has 1 heterocycles. The van der Waals surface area contributed by atoms with Crippen molar-refractivity contribution in [3.05, 3.63) is 45.0 Å². The van der Waals surface area contributed by atoms with Gasteiger partial charge in [-0.15, -0.1) is 0 Å². The summed E-state index contributed by atoms with van der Waals surface area (Å²) >= 11 is 9.17. The smallest absolute Gasteiger partial charge is 0.263 e. The van der Waals surface area contributed by atoms with Crippen LogP contribution in [-0.2, 0) is 10.0 Å². The molecule has 112 valence electrons. The molecule has 0 unspecified atom stereocenters. The molecule has 0 aliphatic carbocycles. The van der Waals surface area contributed by atoms with Crippen LogP contribution in [0.5, 0.6) is 0 Å². The number of benzene rings is 1. The van der Waals surface area contributed by atoms with Crippen molar-refractivity contribution in [1.82, 2.24) is 4.98 Å². The summed E-state index contributed by atoms with van der Waals surface area (Å²) in [6, 6.07) is 4.65. The van der Waals surface area contributed by atoms with E-state index in [4.69, 9.17) is 17.3 Å². The molecule has 5 nitrogen and oxygen atoms in total. The van der Waals surface area contributed by atoms with Gasteiger partial charge in [0.05, 0.1) is 4.90 Å². The summed E-state index contributed by atoms with van der Waals surface area (Å²) in [5.74, 6) is 0.260. The van der Waals surface area contributed by atoms with E-state index in [9.17, 15) is 8.42 Å². The average Bonchev–Trinajstić information content (AvgIpc) is 2.37. The summed E-state index contributed by atoms with van der Waals surface area (Å²) in [6.45, 7) is 3.39. The zero-order chi connectivity index (χ0) is 15.8. The molecule has 0 radical (unpaired) electrons. The van der Waals surface area contributed by atoms with Gasteiger partial charge in [-0.2, -0.15) is 0 Å². The Morgan fingerprint density at radius 3 is 2.57 bits per heavy atom. The lowest BCUT2D eigenvalue weighted by Crippen LogP contribution is -2.16. The van der Waals surface area contributed by atoms with Crippen LogP contribution in [0.15, 0.2) is 33.8 Å². The minimum atomic E-state index is -3.82. The molecule has 0 saturated heterocycles. The van der Waals surface area contributed by atoms with Gasteiger partial charge in [-0.05, 0) is 59.1 Å². The van der Waals surface area contributed by atoms with E-state index in [1.54, 1.807) is 19.9 Å². The fourth-order valence-corrected chi connectivity index (χ4v) is 3.90. The number of anilines is 2. The third-order valence-corrected chi connectivity index (χ3v) is 5.05. The second-order valence-electron chi connectivity index (χ2n) is 4.54. The van der Waals surface area contributed by atoms with Crippen LogP contribution in [0.1, 0.15) is 11.1 Å². The maximum Gasteiger partial charge on any atom is 0.263 e. The number of nitrogens with two attached hydrogens (primary N) is 1. The summed E-state index contributed by atoms with van der Waals surface area (Å²) in [6.07, 6.45) is 1.52. The predicted molar refractivity (Wildman–Crippen MR) is 88.1 cm³/mol. The molecule has 0 spiro atoms. The van der Waals surface area contributed by atoms with Gasteiger partial charge < -0.3 is 5.73 Å². The highest BCUT2D eigenvalue weighted by Crippen LogP contribution is 2.28. The van der Waals surface area contributed by atoms with Crippen molar-refractivity contribution in [2.75, 3.05) is 10.5 Å². The third-order valence-electron chi connectivity index (χ3n) is 2.93. The highest BCUT2D eigenvalue weighted by atomic mass is 79.9. The van der Waals surface area contributed by atoms with Crippen LogP contribution in [0.3, 0.4) is 0 Å². The number of hydrogen-bond donors (Lipinski definition) is 2. The largest absolute Gasteiger partial charge is 0.398 e. The summed E-state index contributed by atoms with van der Waals surface area (Å²) in [4.78, 5) is 4.10. The second kappa shape index (κ2) is 5.82. The van der Waals surface area contributed by atoms with Crippen molar-refractivity contribution < 1.29 is 8.42 Å². The number of halogens is 2. The Morgan fingerprint density at radius 2 is 1.95 bits per heavy atom. The minimum Gasteiger partial charge on any atom is -0.398 e. The van der Waals surface area contributed by atoms with E-state index in [1.165, 1.54) is 18.3 Å². The summed E-state index contributed by atoms with van der Waals surface area (Å²) in [7, 11) is -3.82. The Morgan fingerprint density at radius 1 is 1.29 bits per heavy atom. The van der Waals surface area contributed by atoms with Gasteiger partial charge in [0.15, 0.2) is 0 Å². The molecular formula is C13H13BrClN3O2S. The zero-order valence-electron chi connectivity index (χ0n) is 11.3. The van der Waals surface area contributed by atoms with Crippen LogP contribution >= 0.6 is 27.5 Å². The van der Waals surface area contributed by atoms with Gasteiger partial charge >= 0.3 is 0 Å². The van der Waals surface area contributed by atoms with Crippen molar-refractivity contribution >= 4 is 49.1 Å². The molecule has 0 amide bonds. The molecule has 2 aromatic rings. The van der Waals surface area contributed by atoms with Gasteiger partial charge in [-0.3, -0.25) is 4.72 Å². The molecule has 0 atom stereocenters. The summed E-state index contributed by atoms with van der Waals surface area (Å²) in [5.41, 5.74) is 7.23. The van der Waals surface area contributed by atoms with Crippen LogP contribution in [0.2, 0.25) is 5.02 Å². The van der Waals surface area contributed by atoms with Crippen LogP contribution in [0.4, 0.5) is 11.5 Å². The molecule has 0 bridgehead atoms. The number of sulfonamides is 1. The summed E-state index contributed by atoms with van der Waals surface area (Å²) in [5, 5.41) is 0.263. The third kappa shape index (κ3) is 3.48. The number of pyridine rings is 1. The number of hydrogen-bond acceptors (Lipinski definition) is 4. The first-order chi connectivity index (χ1) is 9.70. The maximum absolute atomic E-state index is 12.5.